The van der Waals surface area contributed by atoms with Crippen LogP contribution >= 0.6 is 15.9 Å². The molecule has 0 bridgehead atoms. The van der Waals surface area contributed by atoms with Gasteiger partial charge in [-0.2, -0.15) is 0 Å². The van der Waals surface area contributed by atoms with Crippen molar-refractivity contribution in [2.24, 2.45) is 0 Å². The average Bonchev–Trinajstić information content (AvgIpc) is 2.43. The van der Waals surface area contributed by atoms with Crippen LogP contribution in [0.4, 0.5) is 11.4 Å². The van der Waals surface area contributed by atoms with Crippen LogP contribution in [0.15, 0.2) is 16.6 Å². The Morgan fingerprint density at radius 1 is 1.35 bits per heavy atom. The monoisotopic (exact) mass is 341 g/mol. The summed E-state index contributed by atoms with van der Waals surface area (Å²) in [6, 6.07) is 3.40. The van der Waals surface area contributed by atoms with Crippen LogP contribution in [0.2, 0.25) is 0 Å². The fraction of sp³-hybridized carbons (Fsp3) is 0.571. The number of anilines is 1. The predicted molar refractivity (Wildman–Crippen MR) is 84.3 cm³/mol. The molecule has 1 aliphatic heterocycles. The first-order valence-electron chi connectivity index (χ1n) is 6.98. The van der Waals surface area contributed by atoms with E-state index in [-0.39, 0.29) is 10.6 Å². The highest BCUT2D eigenvalue weighted by Crippen LogP contribution is 2.30. The number of likely N-dealkylation sites (tertiary alicyclic amines) is 1. The van der Waals surface area contributed by atoms with E-state index in [0.29, 0.717) is 5.56 Å². The first-order valence-corrected chi connectivity index (χ1v) is 7.78. The molecule has 0 radical (unpaired) electrons. The lowest BCUT2D eigenvalue weighted by Gasteiger charge is -2.26. The summed E-state index contributed by atoms with van der Waals surface area (Å²) >= 11 is 3.40. The van der Waals surface area contributed by atoms with Gasteiger partial charge in [-0.05, 0) is 54.9 Å². The molecule has 0 aromatic heterocycles. The molecule has 5 nitrogen and oxygen atoms in total. The van der Waals surface area contributed by atoms with Crippen LogP contribution in [0.5, 0.6) is 0 Å². The molecule has 0 unspecified atom stereocenters. The molecule has 1 N–H and O–H groups in total. The second-order valence-corrected chi connectivity index (χ2v) is 6.06. The number of piperidine rings is 1. The van der Waals surface area contributed by atoms with Gasteiger partial charge in [-0.25, -0.2) is 0 Å². The largest absolute Gasteiger partial charge is 0.383 e. The van der Waals surface area contributed by atoms with Gasteiger partial charge in [-0.15, -0.1) is 0 Å². The molecule has 6 heteroatoms. The van der Waals surface area contributed by atoms with Crippen molar-refractivity contribution in [1.82, 2.24) is 4.90 Å². The van der Waals surface area contributed by atoms with Gasteiger partial charge in [0, 0.05) is 34.9 Å². The third-order valence-corrected chi connectivity index (χ3v) is 4.33. The van der Waals surface area contributed by atoms with E-state index in [1.54, 1.807) is 13.0 Å². The van der Waals surface area contributed by atoms with Crippen molar-refractivity contribution in [3.8, 4) is 0 Å². The highest BCUT2D eigenvalue weighted by atomic mass is 79.9. The van der Waals surface area contributed by atoms with Gasteiger partial charge in [0.1, 0.15) is 0 Å². The predicted octanol–water partition coefficient (Wildman–Crippen LogP) is 3.56. The highest BCUT2D eigenvalue weighted by molar-refractivity contribution is 9.10. The molecule has 1 saturated heterocycles. The average molecular weight is 342 g/mol. The van der Waals surface area contributed by atoms with Crippen molar-refractivity contribution in [3.05, 3.63) is 32.3 Å². The number of hydrogen-bond acceptors (Lipinski definition) is 4. The Morgan fingerprint density at radius 2 is 2.05 bits per heavy atom. The highest BCUT2D eigenvalue weighted by Gasteiger charge is 2.14. The van der Waals surface area contributed by atoms with E-state index >= 15 is 0 Å². The number of rotatable bonds is 5. The van der Waals surface area contributed by atoms with E-state index in [1.807, 2.05) is 6.07 Å². The molecule has 1 aliphatic rings. The fourth-order valence-electron chi connectivity index (χ4n) is 2.53. The zero-order valence-corrected chi connectivity index (χ0v) is 13.3. The Bertz CT molecular complexity index is 488. The van der Waals surface area contributed by atoms with Gasteiger partial charge >= 0.3 is 0 Å². The molecule has 2 rings (SSSR count). The lowest BCUT2D eigenvalue weighted by atomic mass is 10.1. The van der Waals surface area contributed by atoms with Crippen LogP contribution in [-0.2, 0) is 0 Å². The minimum atomic E-state index is -0.350. The molecule has 0 aliphatic carbocycles. The zero-order valence-electron chi connectivity index (χ0n) is 11.7. The maximum atomic E-state index is 10.9. The zero-order chi connectivity index (χ0) is 14.5. The third kappa shape index (κ3) is 3.93. The van der Waals surface area contributed by atoms with E-state index in [4.69, 9.17) is 0 Å². The van der Waals surface area contributed by atoms with Crippen molar-refractivity contribution in [2.45, 2.75) is 26.2 Å². The van der Waals surface area contributed by atoms with Crippen molar-refractivity contribution < 1.29 is 4.92 Å². The first-order chi connectivity index (χ1) is 9.58. The Kier molecular flexibility index (Phi) is 5.37. The number of nitro groups is 1. The molecule has 1 fully saturated rings. The second-order valence-electron chi connectivity index (χ2n) is 5.20. The molecule has 110 valence electrons. The molecule has 0 atom stereocenters. The lowest BCUT2D eigenvalue weighted by Crippen LogP contribution is -2.33. The number of halogens is 1. The summed E-state index contributed by atoms with van der Waals surface area (Å²) in [6.07, 6.45) is 3.93. The Labute approximate surface area is 127 Å². The third-order valence-electron chi connectivity index (χ3n) is 3.67. The number of nitro benzene ring substituents is 1. The second kappa shape index (κ2) is 7.04. The standard InChI is InChI=1S/C14H20BrN3O2/c1-11-9-13(12(15)10-14(11)18(19)20)16-5-8-17-6-3-2-4-7-17/h9-10,16H,2-8H2,1H3. The molecular formula is C14H20BrN3O2. The number of hydrogen-bond donors (Lipinski definition) is 1. The van der Waals surface area contributed by atoms with Crippen LogP contribution in [0.3, 0.4) is 0 Å². The maximum Gasteiger partial charge on any atom is 0.273 e. The normalized spacial score (nSPS) is 16.1. The smallest absolute Gasteiger partial charge is 0.273 e. The quantitative estimate of drug-likeness (QED) is 0.657. The van der Waals surface area contributed by atoms with Crippen LogP contribution in [0.1, 0.15) is 24.8 Å². The first kappa shape index (κ1) is 15.3. The van der Waals surface area contributed by atoms with Gasteiger partial charge < -0.3 is 10.2 Å². The molecule has 20 heavy (non-hydrogen) atoms. The van der Waals surface area contributed by atoms with Crippen molar-refractivity contribution in [3.63, 3.8) is 0 Å². The van der Waals surface area contributed by atoms with Gasteiger partial charge in [0.2, 0.25) is 0 Å². The van der Waals surface area contributed by atoms with Crippen molar-refractivity contribution in [2.75, 3.05) is 31.5 Å². The molecule has 1 heterocycles. The summed E-state index contributed by atoms with van der Waals surface area (Å²) in [7, 11) is 0. The molecular weight excluding hydrogens is 322 g/mol. The summed E-state index contributed by atoms with van der Waals surface area (Å²) in [6.45, 7) is 6.00. The van der Waals surface area contributed by atoms with Gasteiger partial charge in [-0.1, -0.05) is 6.42 Å². The number of benzene rings is 1. The molecule has 1 aromatic rings. The fourth-order valence-corrected chi connectivity index (χ4v) is 3.01. The van der Waals surface area contributed by atoms with Gasteiger partial charge in [0.05, 0.1) is 4.92 Å². The van der Waals surface area contributed by atoms with E-state index in [1.165, 1.54) is 32.4 Å². The van der Waals surface area contributed by atoms with E-state index in [0.717, 1.165) is 23.2 Å². The maximum absolute atomic E-state index is 10.9. The summed E-state index contributed by atoms with van der Waals surface area (Å²) in [5.41, 5.74) is 1.75. The van der Waals surface area contributed by atoms with Crippen LogP contribution in [-0.4, -0.2) is 36.0 Å². The van der Waals surface area contributed by atoms with E-state index < -0.39 is 0 Å². The SMILES string of the molecule is Cc1cc(NCCN2CCCCC2)c(Br)cc1[N+](=O)[O-]. The van der Waals surface area contributed by atoms with Crippen molar-refractivity contribution in [1.29, 1.82) is 0 Å². The van der Waals surface area contributed by atoms with Crippen LogP contribution in [0.25, 0.3) is 0 Å². The summed E-state index contributed by atoms with van der Waals surface area (Å²) in [5.74, 6) is 0. The lowest BCUT2D eigenvalue weighted by molar-refractivity contribution is -0.385. The van der Waals surface area contributed by atoms with Crippen molar-refractivity contribution >= 4 is 27.3 Å². The topological polar surface area (TPSA) is 58.4 Å². The Balaban J connectivity index is 1.92. The van der Waals surface area contributed by atoms with E-state index in [2.05, 4.69) is 26.1 Å². The number of nitrogens with one attached hydrogen (secondary N) is 1. The van der Waals surface area contributed by atoms with Gasteiger partial charge in [0.25, 0.3) is 5.69 Å². The summed E-state index contributed by atoms with van der Waals surface area (Å²) < 4.78 is 0.744. The van der Waals surface area contributed by atoms with Gasteiger partial charge in [0.15, 0.2) is 0 Å². The molecule has 1 aromatic carbocycles. The van der Waals surface area contributed by atoms with Crippen LogP contribution < -0.4 is 5.32 Å². The number of aryl methyl sites for hydroxylation is 1. The van der Waals surface area contributed by atoms with Crippen LogP contribution in [0, 0.1) is 17.0 Å². The number of nitrogens with zero attached hydrogens (tertiary/aromatic N) is 2. The van der Waals surface area contributed by atoms with E-state index in [9.17, 15) is 10.1 Å². The molecule has 0 spiro atoms. The minimum absolute atomic E-state index is 0.151. The molecule has 0 amide bonds. The molecule has 0 saturated carbocycles. The Hall–Kier alpha value is -1.14. The Morgan fingerprint density at radius 3 is 2.70 bits per heavy atom. The summed E-state index contributed by atoms with van der Waals surface area (Å²) in [4.78, 5) is 13.0. The van der Waals surface area contributed by atoms with Gasteiger partial charge in [-0.3, -0.25) is 10.1 Å². The summed E-state index contributed by atoms with van der Waals surface area (Å²) in [5, 5.41) is 14.2. The minimum Gasteiger partial charge on any atom is -0.383 e.